The first-order valence-corrected chi connectivity index (χ1v) is 7.11. The van der Waals surface area contributed by atoms with E-state index in [9.17, 15) is 4.79 Å². The van der Waals surface area contributed by atoms with Gasteiger partial charge >= 0.3 is 5.97 Å². The van der Waals surface area contributed by atoms with Gasteiger partial charge in [0.15, 0.2) is 4.34 Å². The molecule has 1 aromatic heterocycles. The molecule has 0 N–H and O–H groups in total. The van der Waals surface area contributed by atoms with Crippen molar-refractivity contribution < 1.29 is 9.53 Å². The first kappa shape index (κ1) is 12.4. The van der Waals surface area contributed by atoms with Crippen LogP contribution in [0.4, 0.5) is 0 Å². The zero-order valence-electron chi connectivity index (χ0n) is 9.67. The Morgan fingerprint density at radius 1 is 1.53 bits per heavy atom. The van der Waals surface area contributed by atoms with Crippen molar-refractivity contribution in [2.75, 3.05) is 5.75 Å². The number of benzene rings is 1. The summed E-state index contributed by atoms with van der Waals surface area (Å²) in [7, 11) is 0. The van der Waals surface area contributed by atoms with Crippen LogP contribution >= 0.6 is 23.1 Å². The van der Waals surface area contributed by atoms with E-state index in [0.717, 1.165) is 15.6 Å². The van der Waals surface area contributed by atoms with Gasteiger partial charge in [0.1, 0.15) is 6.10 Å². The molecule has 0 saturated carbocycles. The molecule has 90 valence electrons. The molecule has 0 saturated heterocycles. The number of esters is 1. The lowest BCUT2D eigenvalue weighted by atomic mass is 10.3. The number of rotatable bonds is 4. The lowest BCUT2D eigenvalue weighted by molar-refractivity contribution is -0.144. The fourth-order valence-electron chi connectivity index (χ4n) is 1.42. The first-order valence-electron chi connectivity index (χ1n) is 5.31. The van der Waals surface area contributed by atoms with E-state index in [1.807, 2.05) is 25.1 Å². The summed E-state index contributed by atoms with van der Waals surface area (Å²) in [5.74, 6) is 0.502. The molecule has 17 heavy (non-hydrogen) atoms. The van der Waals surface area contributed by atoms with Gasteiger partial charge in [-0.2, -0.15) is 0 Å². The molecule has 0 aliphatic rings. The molecule has 1 heterocycles. The van der Waals surface area contributed by atoms with Crippen molar-refractivity contribution in [3.8, 4) is 0 Å². The molecule has 0 bridgehead atoms. The van der Waals surface area contributed by atoms with Gasteiger partial charge in [-0.15, -0.1) is 11.3 Å². The molecule has 1 aromatic carbocycles. The maximum absolute atomic E-state index is 10.8. The summed E-state index contributed by atoms with van der Waals surface area (Å²) in [6.07, 6.45) is -0.0792. The van der Waals surface area contributed by atoms with Crippen molar-refractivity contribution in [2.24, 2.45) is 0 Å². The molecule has 0 aliphatic carbocycles. The average Bonchev–Trinajstić information content (AvgIpc) is 2.68. The second kappa shape index (κ2) is 5.51. The fourth-order valence-corrected chi connectivity index (χ4v) is 3.43. The molecule has 1 unspecified atom stereocenters. The molecule has 0 amide bonds. The highest BCUT2D eigenvalue weighted by Gasteiger charge is 2.09. The highest BCUT2D eigenvalue weighted by molar-refractivity contribution is 8.01. The second-order valence-corrected chi connectivity index (χ2v) is 5.98. The number of carbonyl (C=O) groups is 1. The number of hydrogen-bond donors (Lipinski definition) is 0. The van der Waals surface area contributed by atoms with Crippen LogP contribution in [0.2, 0.25) is 0 Å². The predicted octanol–water partition coefficient (Wildman–Crippen LogP) is 3.34. The van der Waals surface area contributed by atoms with Crippen LogP contribution in [0.15, 0.2) is 28.6 Å². The van der Waals surface area contributed by atoms with Gasteiger partial charge in [0, 0.05) is 12.7 Å². The maximum atomic E-state index is 10.8. The maximum Gasteiger partial charge on any atom is 0.302 e. The van der Waals surface area contributed by atoms with Crippen LogP contribution in [0.3, 0.4) is 0 Å². The third-order valence-electron chi connectivity index (χ3n) is 2.08. The number of para-hydroxylation sites is 1. The fraction of sp³-hybridized carbons (Fsp3) is 0.333. The summed E-state index contributed by atoms with van der Waals surface area (Å²) in [5, 5.41) is 0. The number of ether oxygens (including phenoxy) is 1. The Balaban J connectivity index is 1.97. The third-order valence-corrected chi connectivity index (χ3v) is 4.49. The molecule has 3 nitrogen and oxygen atoms in total. The second-order valence-electron chi connectivity index (χ2n) is 3.68. The standard InChI is InChI=1S/C12H13NO2S2/c1-8(15-9(2)14)7-16-12-13-10-5-3-4-6-11(10)17-12/h3-6,8H,7H2,1-2H3. The number of thiazole rings is 1. The van der Waals surface area contributed by atoms with E-state index < -0.39 is 0 Å². The molecule has 2 aromatic rings. The average molecular weight is 267 g/mol. The first-order chi connectivity index (χ1) is 8.15. The summed E-state index contributed by atoms with van der Waals surface area (Å²) in [4.78, 5) is 15.3. The molecule has 0 spiro atoms. The zero-order valence-corrected chi connectivity index (χ0v) is 11.3. The lowest BCUT2D eigenvalue weighted by Gasteiger charge is -2.09. The van der Waals surface area contributed by atoms with Gasteiger partial charge in [-0.25, -0.2) is 4.98 Å². The van der Waals surface area contributed by atoms with Gasteiger partial charge in [-0.05, 0) is 19.1 Å². The van der Waals surface area contributed by atoms with E-state index in [1.165, 1.54) is 11.6 Å². The smallest absolute Gasteiger partial charge is 0.302 e. The van der Waals surface area contributed by atoms with Gasteiger partial charge in [0.25, 0.3) is 0 Å². The summed E-state index contributed by atoms with van der Waals surface area (Å²) in [5.41, 5.74) is 1.03. The number of fused-ring (bicyclic) bond motifs is 1. The Hall–Kier alpha value is -1.07. The molecular formula is C12H13NO2S2. The van der Waals surface area contributed by atoms with Crippen molar-refractivity contribution in [2.45, 2.75) is 24.3 Å². The number of carbonyl (C=O) groups excluding carboxylic acids is 1. The Kier molecular flexibility index (Phi) is 4.02. The summed E-state index contributed by atoms with van der Waals surface area (Å²) >= 11 is 3.30. The van der Waals surface area contributed by atoms with E-state index in [4.69, 9.17) is 4.74 Å². The molecule has 0 radical (unpaired) electrons. The van der Waals surface area contributed by atoms with Crippen molar-refractivity contribution in [1.29, 1.82) is 0 Å². The monoisotopic (exact) mass is 267 g/mol. The highest BCUT2D eigenvalue weighted by Crippen LogP contribution is 2.29. The van der Waals surface area contributed by atoms with E-state index in [2.05, 4.69) is 11.1 Å². The largest absolute Gasteiger partial charge is 0.462 e. The summed E-state index contributed by atoms with van der Waals surface area (Å²) in [6, 6.07) is 8.06. The normalized spacial score (nSPS) is 12.6. The Morgan fingerprint density at radius 3 is 3.00 bits per heavy atom. The van der Waals surface area contributed by atoms with Gasteiger partial charge in [0.05, 0.1) is 10.2 Å². The lowest BCUT2D eigenvalue weighted by Crippen LogP contribution is -2.14. The van der Waals surface area contributed by atoms with Crippen LogP contribution in [0.5, 0.6) is 0 Å². The minimum atomic E-state index is -0.234. The topological polar surface area (TPSA) is 39.2 Å². The Bertz CT molecular complexity index is 491. The Morgan fingerprint density at radius 2 is 2.29 bits per heavy atom. The molecule has 0 fully saturated rings. The van der Waals surface area contributed by atoms with Crippen LogP contribution in [-0.2, 0) is 9.53 Å². The quantitative estimate of drug-likeness (QED) is 0.629. The third kappa shape index (κ3) is 3.44. The van der Waals surface area contributed by atoms with Crippen LogP contribution < -0.4 is 0 Å². The zero-order chi connectivity index (χ0) is 12.3. The molecule has 1 atom stereocenters. The van der Waals surface area contributed by atoms with Crippen molar-refractivity contribution >= 4 is 39.3 Å². The minimum Gasteiger partial charge on any atom is -0.462 e. The summed E-state index contributed by atoms with van der Waals surface area (Å²) in [6.45, 7) is 3.32. The van der Waals surface area contributed by atoms with Gasteiger partial charge in [0.2, 0.25) is 0 Å². The Labute approximate surface area is 108 Å². The number of thioether (sulfide) groups is 1. The van der Waals surface area contributed by atoms with Gasteiger partial charge in [-0.3, -0.25) is 4.79 Å². The van der Waals surface area contributed by atoms with Gasteiger partial charge < -0.3 is 4.74 Å². The molecule has 5 heteroatoms. The SMILES string of the molecule is CC(=O)OC(C)CSc1nc2ccccc2s1. The summed E-state index contributed by atoms with van der Waals surface area (Å²) < 4.78 is 7.27. The van der Waals surface area contributed by atoms with E-state index in [-0.39, 0.29) is 12.1 Å². The van der Waals surface area contributed by atoms with Gasteiger partial charge in [-0.1, -0.05) is 23.9 Å². The molecule has 2 rings (SSSR count). The number of nitrogens with zero attached hydrogens (tertiary/aromatic N) is 1. The van der Waals surface area contributed by atoms with Crippen molar-refractivity contribution in [3.63, 3.8) is 0 Å². The van der Waals surface area contributed by atoms with Crippen LogP contribution in [0.1, 0.15) is 13.8 Å². The molecular weight excluding hydrogens is 254 g/mol. The number of hydrogen-bond acceptors (Lipinski definition) is 5. The van der Waals surface area contributed by atoms with Crippen molar-refractivity contribution in [1.82, 2.24) is 4.98 Å². The molecule has 0 aliphatic heterocycles. The van der Waals surface area contributed by atoms with E-state index in [0.29, 0.717) is 0 Å². The highest BCUT2D eigenvalue weighted by atomic mass is 32.2. The van der Waals surface area contributed by atoms with Crippen LogP contribution in [0.25, 0.3) is 10.2 Å². The van der Waals surface area contributed by atoms with E-state index in [1.54, 1.807) is 23.1 Å². The van der Waals surface area contributed by atoms with Crippen LogP contribution in [0, 0.1) is 0 Å². The predicted molar refractivity (Wildman–Crippen MR) is 71.6 cm³/mol. The van der Waals surface area contributed by atoms with E-state index >= 15 is 0 Å². The number of aromatic nitrogens is 1. The minimum absolute atomic E-state index is 0.0792. The van der Waals surface area contributed by atoms with Crippen molar-refractivity contribution in [3.05, 3.63) is 24.3 Å². The van der Waals surface area contributed by atoms with Crippen LogP contribution in [-0.4, -0.2) is 22.8 Å².